The van der Waals surface area contributed by atoms with E-state index in [1.165, 1.54) is 11.1 Å². The van der Waals surface area contributed by atoms with Gasteiger partial charge in [-0.3, -0.25) is 9.59 Å². The molecule has 1 heterocycles. The van der Waals surface area contributed by atoms with E-state index in [4.69, 9.17) is 0 Å². The molecular formula is C20H22N2O2S. The second-order valence-electron chi connectivity index (χ2n) is 6.08. The van der Waals surface area contributed by atoms with Gasteiger partial charge in [-0.15, -0.1) is 11.8 Å². The van der Waals surface area contributed by atoms with Crippen molar-refractivity contribution in [3.05, 3.63) is 71.8 Å². The molecule has 3 rings (SSSR count). The van der Waals surface area contributed by atoms with Gasteiger partial charge in [0.25, 0.3) is 0 Å². The highest BCUT2D eigenvalue weighted by molar-refractivity contribution is 8.00. The van der Waals surface area contributed by atoms with Gasteiger partial charge in [-0.2, -0.15) is 0 Å². The van der Waals surface area contributed by atoms with Crippen molar-refractivity contribution >= 4 is 23.6 Å². The highest BCUT2D eigenvalue weighted by Crippen LogP contribution is 2.27. The van der Waals surface area contributed by atoms with Gasteiger partial charge in [-0.05, 0) is 17.5 Å². The van der Waals surface area contributed by atoms with Crippen molar-refractivity contribution in [3.8, 4) is 0 Å². The van der Waals surface area contributed by atoms with Crippen LogP contribution in [-0.4, -0.2) is 41.4 Å². The number of nitrogens with one attached hydrogen (secondary N) is 1. The predicted molar refractivity (Wildman–Crippen MR) is 101 cm³/mol. The molecule has 25 heavy (non-hydrogen) atoms. The Hall–Kier alpha value is -2.27. The maximum Gasteiger partial charge on any atom is 0.239 e. The van der Waals surface area contributed by atoms with E-state index in [-0.39, 0.29) is 24.3 Å². The number of benzene rings is 2. The van der Waals surface area contributed by atoms with Crippen molar-refractivity contribution < 1.29 is 9.59 Å². The predicted octanol–water partition coefficient (Wildman–Crippen LogP) is 2.86. The van der Waals surface area contributed by atoms with Gasteiger partial charge in [0.1, 0.15) is 6.54 Å². The van der Waals surface area contributed by atoms with Crippen molar-refractivity contribution in [2.75, 3.05) is 24.7 Å². The van der Waals surface area contributed by atoms with E-state index in [1.54, 1.807) is 16.7 Å². The van der Waals surface area contributed by atoms with Crippen LogP contribution in [0.5, 0.6) is 0 Å². The third kappa shape index (κ3) is 4.86. The summed E-state index contributed by atoms with van der Waals surface area (Å²) in [5.41, 5.74) is 2.49. The Bertz CT molecular complexity index is 667. The molecule has 1 saturated heterocycles. The van der Waals surface area contributed by atoms with Gasteiger partial charge in [0.2, 0.25) is 11.8 Å². The monoisotopic (exact) mass is 354 g/mol. The van der Waals surface area contributed by atoms with E-state index in [2.05, 4.69) is 29.6 Å². The molecule has 5 heteroatoms. The summed E-state index contributed by atoms with van der Waals surface area (Å²) in [5.74, 6) is 1.30. The minimum absolute atomic E-state index is 0.0478. The average Bonchev–Trinajstić information content (AvgIpc) is 3.05. The van der Waals surface area contributed by atoms with Crippen LogP contribution in [0.2, 0.25) is 0 Å². The van der Waals surface area contributed by atoms with Gasteiger partial charge in [-0.1, -0.05) is 60.7 Å². The molecule has 0 spiro atoms. The Morgan fingerprint density at radius 3 is 2.16 bits per heavy atom. The summed E-state index contributed by atoms with van der Waals surface area (Å²) in [6.07, 6.45) is 0.822. The molecule has 4 nitrogen and oxygen atoms in total. The molecule has 0 aliphatic carbocycles. The van der Waals surface area contributed by atoms with E-state index in [1.807, 2.05) is 36.4 Å². The summed E-state index contributed by atoms with van der Waals surface area (Å²) < 4.78 is 0. The number of carbonyl (C=O) groups is 2. The van der Waals surface area contributed by atoms with Gasteiger partial charge in [-0.25, -0.2) is 0 Å². The lowest BCUT2D eigenvalue weighted by molar-refractivity contribution is -0.132. The van der Waals surface area contributed by atoms with Crippen LogP contribution in [0.4, 0.5) is 0 Å². The van der Waals surface area contributed by atoms with Gasteiger partial charge < -0.3 is 10.2 Å². The first-order chi connectivity index (χ1) is 12.2. The zero-order valence-electron chi connectivity index (χ0n) is 14.1. The van der Waals surface area contributed by atoms with E-state index >= 15 is 0 Å². The summed E-state index contributed by atoms with van der Waals surface area (Å²) in [6, 6.07) is 20.7. The number of hydrogen-bond donors (Lipinski definition) is 1. The molecule has 1 aliphatic rings. The van der Waals surface area contributed by atoms with E-state index < -0.39 is 0 Å². The molecule has 0 aromatic heterocycles. The van der Waals surface area contributed by atoms with Gasteiger partial charge in [0.15, 0.2) is 0 Å². The van der Waals surface area contributed by atoms with E-state index in [0.717, 1.165) is 6.42 Å². The fourth-order valence-electron chi connectivity index (χ4n) is 3.02. The van der Waals surface area contributed by atoms with Crippen LogP contribution in [0, 0.1) is 0 Å². The molecule has 2 aromatic rings. The SMILES string of the molecule is O=C(CN1CSCC1=O)NCCC(c1ccccc1)c1ccccc1. The largest absolute Gasteiger partial charge is 0.355 e. The van der Waals surface area contributed by atoms with Crippen LogP contribution in [0.3, 0.4) is 0 Å². The summed E-state index contributed by atoms with van der Waals surface area (Å²) >= 11 is 1.55. The molecule has 1 N–H and O–H groups in total. The maximum atomic E-state index is 12.1. The smallest absolute Gasteiger partial charge is 0.239 e. The molecule has 0 saturated carbocycles. The fourth-order valence-corrected chi connectivity index (χ4v) is 3.93. The van der Waals surface area contributed by atoms with Gasteiger partial charge >= 0.3 is 0 Å². The molecule has 0 radical (unpaired) electrons. The molecule has 1 fully saturated rings. The topological polar surface area (TPSA) is 49.4 Å². The molecule has 1 aliphatic heterocycles. The third-order valence-electron chi connectivity index (χ3n) is 4.32. The molecule has 2 aromatic carbocycles. The second kappa shape index (κ2) is 8.72. The van der Waals surface area contributed by atoms with Crippen LogP contribution >= 0.6 is 11.8 Å². The quantitative estimate of drug-likeness (QED) is 0.832. The number of amides is 2. The Morgan fingerprint density at radius 2 is 1.64 bits per heavy atom. The first-order valence-electron chi connectivity index (χ1n) is 8.46. The fraction of sp³-hybridized carbons (Fsp3) is 0.300. The van der Waals surface area contributed by atoms with Crippen molar-refractivity contribution in [3.63, 3.8) is 0 Å². The zero-order valence-corrected chi connectivity index (χ0v) is 14.9. The number of nitrogens with zero attached hydrogens (tertiary/aromatic N) is 1. The van der Waals surface area contributed by atoms with Gasteiger partial charge in [0, 0.05) is 12.5 Å². The first-order valence-corrected chi connectivity index (χ1v) is 9.61. The number of rotatable bonds is 7. The van der Waals surface area contributed by atoms with Crippen LogP contribution in [0.15, 0.2) is 60.7 Å². The van der Waals surface area contributed by atoms with Crippen molar-refractivity contribution in [1.29, 1.82) is 0 Å². The number of thioether (sulfide) groups is 1. The van der Waals surface area contributed by atoms with Gasteiger partial charge in [0.05, 0.1) is 11.6 Å². The van der Waals surface area contributed by atoms with Crippen molar-refractivity contribution in [2.24, 2.45) is 0 Å². The van der Waals surface area contributed by atoms with Crippen LogP contribution in [0.1, 0.15) is 23.5 Å². The molecule has 130 valence electrons. The minimum atomic E-state index is -0.0873. The molecule has 0 unspecified atom stereocenters. The molecule has 0 bridgehead atoms. The average molecular weight is 354 g/mol. The van der Waals surface area contributed by atoms with Crippen LogP contribution in [-0.2, 0) is 9.59 Å². The summed E-state index contributed by atoms with van der Waals surface area (Å²) in [5, 5.41) is 2.96. The van der Waals surface area contributed by atoms with Crippen LogP contribution < -0.4 is 5.32 Å². The lowest BCUT2D eigenvalue weighted by Crippen LogP contribution is -2.38. The highest BCUT2D eigenvalue weighted by Gasteiger charge is 2.23. The van der Waals surface area contributed by atoms with Crippen molar-refractivity contribution in [2.45, 2.75) is 12.3 Å². The Kier molecular flexibility index (Phi) is 6.12. The Morgan fingerprint density at radius 1 is 1.04 bits per heavy atom. The molecular weight excluding hydrogens is 332 g/mol. The van der Waals surface area contributed by atoms with E-state index in [9.17, 15) is 9.59 Å². The number of carbonyl (C=O) groups excluding carboxylic acids is 2. The highest BCUT2D eigenvalue weighted by atomic mass is 32.2. The van der Waals surface area contributed by atoms with Crippen LogP contribution in [0.25, 0.3) is 0 Å². The summed E-state index contributed by atoms with van der Waals surface area (Å²) in [7, 11) is 0. The minimum Gasteiger partial charge on any atom is -0.355 e. The van der Waals surface area contributed by atoms with Crippen molar-refractivity contribution in [1.82, 2.24) is 10.2 Å². The maximum absolute atomic E-state index is 12.1. The standard InChI is InChI=1S/C20H22N2O2S/c23-19(13-22-15-25-14-20(22)24)21-12-11-18(16-7-3-1-4-8-16)17-9-5-2-6-10-17/h1-10,18H,11-15H2,(H,21,23). The molecule has 2 amide bonds. The summed E-state index contributed by atoms with van der Waals surface area (Å²) in [4.78, 5) is 25.3. The third-order valence-corrected chi connectivity index (χ3v) is 5.26. The normalized spacial score (nSPS) is 14.1. The number of hydrogen-bond acceptors (Lipinski definition) is 3. The summed E-state index contributed by atoms with van der Waals surface area (Å²) in [6.45, 7) is 0.746. The lowest BCUT2D eigenvalue weighted by atomic mass is 9.88. The Labute approximate surface area is 152 Å². The first kappa shape index (κ1) is 17.5. The van der Waals surface area contributed by atoms with E-state index in [0.29, 0.717) is 18.2 Å². The lowest BCUT2D eigenvalue weighted by Gasteiger charge is -2.19. The second-order valence-corrected chi connectivity index (χ2v) is 7.04. The zero-order chi connectivity index (χ0) is 17.5. The Balaban J connectivity index is 1.58. The molecule has 0 atom stereocenters.